The van der Waals surface area contributed by atoms with Crippen LogP contribution in [-0.4, -0.2) is 67.3 Å². The van der Waals surface area contributed by atoms with Crippen molar-refractivity contribution in [1.29, 1.82) is 0 Å². The molecule has 13 heteroatoms. The van der Waals surface area contributed by atoms with Crippen LogP contribution >= 0.6 is 11.8 Å². The molecule has 0 atom stereocenters. The van der Waals surface area contributed by atoms with Crippen molar-refractivity contribution in [3.8, 4) is 11.1 Å². The molecule has 1 aliphatic heterocycles. The van der Waals surface area contributed by atoms with Crippen molar-refractivity contribution < 1.29 is 17.6 Å². The number of halogens is 4. The molecule has 272 valence electrons. The highest BCUT2D eigenvalue weighted by Gasteiger charge is 2.30. The van der Waals surface area contributed by atoms with Crippen LogP contribution in [-0.2, 0) is 44.4 Å². The third-order valence-corrected chi connectivity index (χ3v) is 11.0. The van der Waals surface area contributed by atoms with Crippen LogP contribution in [0.4, 0.5) is 17.6 Å². The topological polar surface area (TPSA) is 72.1 Å². The summed E-state index contributed by atoms with van der Waals surface area (Å²) in [4.78, 5) is 22.4. The van der Waals surface area contributed by atoms with Gasteiger partial charge in [-0.05, 0) is 98.8 Å². The largest absolute Gasteiger partial charge is 0.416 e. The van der Waals surface area contributed by atoms with Crippen LogP contribution < -0.4 is 5.56 Å². The maximum atomic E-state index is 13.6. The fourth-order valence-electron chi connectivity index (χ4n) is 6.99. The van der Waals surface area contributed by atoms with Gasteiger partial charge >= 0.3 is 6.18 Å². The zero-order valence-electron chi connectivity index (χ0n) is 29.1. The van der Waals surface area contributed by atoms with Crippen molar-refractivity contribution in [2.45, 2.75) is 68.8 Å². The molecule has 0 bridgehead atoms. The van der Waals surface area contributed by atoms with Crippen LogP contribution in [0.15, 0.2) is 82.7 Å². The Morgan fingerprint density at radius 1 is 0.788 bits per heavy atom. The average Bonchev–Trinajstić information content (AvgIpc) is 3.92. The Hall–Kier alpha value is -4.33. The van der Waals surface area contributed by atoms with E-state index in [0.717, 1.165) is 90.7 Å². The number of rotatable bonds is 13. The van der Waals surface area contributed by atoms with Crippen LogP contribution in [0.5, 0.6) is 0 Å². The normalized spacial score (nSPS) is 14.8. The molecule has 1 saturated heterocycles. The molecular weight excluding hydrogens is 691 g/mol. The van der Waals surface area contributed by atoms with Crippen LogP contribution in [0.3, 0.4) is 0 Å². The van der Waals surface area contributed by atoms with Crippen molar-refractivity contribution in [3.63, 3.8) is 0 Å². The molecule has 0 N–H and O–H groups in total. The number of likely N-dealkylation sites (tertiary alicyclic amines) is 1. The highest BCUT2D eigenvalue weighted by Crippen LogP contribution is 2.31. The second-order valence-corrected chi connectivity index (χ2v) is 14.6. The summed E-state index contributed by atoms with van der Waals surface area (Å²) in [5.41, 5.74) is 4.30. The van der Waals surface area contributed by atoms with Gasteiger partial charge in [0.15, 0.2) is 11.0 Å². The predicted molar refractivity (Wildman–Crippen MR) is 194 cm³/mol. The van der Waals surface area contributed by atoms with Crippen LogP contribution in [0, 0.1) is 5.82 Å². The van der Waals surface area contributed by atoms with Gasteiger partial charge in [-0.1, -0.05) is 60.3 Å². The van der Waals surface area contributed by atoms with Gasteiger partial charge in [-0.15, -0.1) is 10.2 Å². The molecule has 0 spiro atoms. The molecule has 1 fully saturated rings. The SMILES string of the molecule is CN(CCN1CCCC1)Cc1nnc(Cn2c(SCc3ccc(F)cc3)nc(=O)c3c2CCC3)n1Cc1ccc(-c2ccc(C(F)(F)F)cc2)cc1. The van der Waals surface area contributed by atoms with E-state index in [2.05, 4.69) is 31.0 Å². The average molecular weight is 732 g/mol. The molecular formula is C39H41F4N7OS. The van der Waals surface area contributed by atoms with Gasteiger partial charge in [0.2, 0.25) is 0 Å². The Morgan fingerprint density at radius 3 is 2.13 bits per heavy atom. The zero-order valence-corrected chi connectivity index (χ0v) is 29.9. The molecule has 7 rings (SSSR count). The third kappa shape index (κ3) is 8.48. The first-order valence-electron chi connectivity index (χ1n) is 17.7. The fourth-order valence-corrected chi connectivity index (χ4v) is 7.96. The van der Waals surface area contributed by atoms with Crippen molar-refractivity contribution >= 4 is 11.8 Å². The van der Waals surface area contributed by atoms with Crippen LogP contribution in [0.2, 0.25) is 0 Å². The minimum absolute atomic E-state index is 0.194. The summed E-state index contributed by atoms with van der Waals surface area (Å²) < 4.78 is 57.2. The van der Waals surface area contributed by atoms with E-state index in [-0.39, 0.29) is 11.4 Å². The van der Waals surface area contributed by atoms with Gasteiger partial charge in [0.1, 0.15) is 11.6 Å². The van der Waals surface area contributed by atoms with Crippen LogP contribution in [0.1, 0.15) is 58.9 Å². The summed E-state index contributed by atoms with van der Waals surface area (Å²) in [5.74, 6) is 1.78. The van der Waals surface area contributed by atoms with E-state index >= 15 is 0 Å². The summed E-state index contributed by atoms with van der Waals surface area (Å²) in [6, 6.07) is 19.4. The molecule has 5 aromatic rings. The molecule has 52 heavy (non-hydrogen) atoms. The Labute approximate surface area is 304 Å². The van der Waals surface area contributed by atoms with Crippen molar-refractivity contribution in [2.24, 2.45) is 0 Å². The number of benzene rings is 3. The lowest BCUT2D eigenvalue weighted by Crippen LogP contribution is -2.32. The molecule has 2 aromatic heterocycles. The smallest absolute Gasteiger partial charge is 0.316 e. The van der Waals surface area contributed by atoms with Gasteiger partial charge in [0.05, 0.1) is 25.2 Å². The van der Waals surface area contributed by atoms with Gasteiger partial charge in [0, 0.05) is 30.1 Å². The Kier molecular flexibility index (Phi) is 10.9. The number of fused-ring (bicyclic) bond motifs is 1. The molecule has 0 radical (unpaired) electrons. The van der Waals surface area contributed by atoms with Crippen molar-refractivity contribution in [3.05, 3.63) is 129 Å². The van der Waals surface area contributed by atoms with E-state index in [1.165, 1.54) is 48.9 Å². The Bertz CT molecular complexity index is 2040. The Morgan fingerprint density at radius 2 is 1.44 bits per heavy atom. The molecule has 0 saturated carbocycles. The van der Waals surface area contributed by atoms with Crippen molar-refractivity contribution in [2.75, 3.05) is 33.2 Å². The zero-order chi connectivity index (χ0) is 36.2. The summed E-state index contributed by atoms with van der Waals surface area (Å²) in [7, 11) is 2.09. The monoisotopic (exact) mass is 731 g/mol. The van der Waals surface area contributed by atoms with Gasteiger partial charge in [-0.3, -0.25) is 9.69 Å². The van der Waals surface area contributed by atoms with Gasteiger partial charge < -0.3 is 14.0 Å². The first-order chi connectivity index (χ1) is 25.1. The first kappa shape index (κ1) is 36.0. The number of hydrogen-bond acceptors (Lipinski definition) is 7. The van der Waals surface area contributed by atoms with E-state index in [1.807, 2.05) is 24.3 Å². The maximum Gasteiger partial charge on any atom is 0.416 e. The Balaban J connectivity index is 1.17. The molecule has 1 aliphatic carbocycles. The summed E-state index contributed by atoms with van der Waals surface area (Å²) in [6.07, 6.45) is 0.438. The third-order valence-electron chi connectivity index (χ3n) is 9.93. The van der Waals surface area contributed by atoms with Gasteiger partial charge in [-0.25, -0.2) is 4.39 Å². The second kappa shape index (κ2) is 15.7. The number of nitrogens with zero attached hydrogens (tertiary/aromatic N) is 7. The predicted octanol–water partition coefficient (Wildman–Crippen LogP) is 7.06. The molecule has 0 amide bonds. The maximum absolute atomic E-state index is 13.6. The van der Waals surface area contributed by atoms with Crippen molar-refractivity contribution in [1.82, 2.24) is 34.1 Å². The lowest BCUT2D eigenvalue weighted by molar-refractivity contribution is -0.137. The molecule has 2 aliphatic rings. The van der Waals surface area contributed by atoms with Crippen LogP contribution in [0.25, 0.3) is 11.1 Å². The molecule has 8 nitrogen and oxygen atoms in total. The van der Waals surface area contributed by atoms with E-state index in [9.17, 15) is 22.4 Å². The number of aromatic nitrogens is 5. The number of thioether (sulfide) groups is 1. The summed E-state index contributed by atoms with van der Waals surface area (Å²) in [6.45, 7) is 5.61. The highest BCUT2D eigenvalue weighted by molar-refractivity contribution is 7.98. The summed E-state index contributed by atoms with van der Waals surface area (Å²) in [5, 5.41) is 10.00. The fraction of sp³-hybridized carbons (Fsp3) is 0.385. The quantitative estimate of drug-likeness (QED) is 0.0730. The number of likely N-dealkylation sites (N-methyl/N-ethyl adjacent to an activating group) is 1. The minimum Gasteiger partial charge on any atom is -0.316 e. The first-order valence-corrected chi connectivity index (χ1v) is 18.7. The standard InChI is InChI=1S/C39H41F4N7OS/c1-47(21-22-48-19-2-3-20-48)24-35-45-46-36(50(35)23-27-7-11-29(12-8-27)30-13-15-31(16-14-30)39(41,42)43)25-49-34-6-4-5-33(34)37(51)44-38(49)52-26-28-9-17-32(40)18-10-28/h7-18H,2-6,19-26H2,1H3. The highest BCUT2D eigenvalue weighted by atomic mass is 32.2. The lowest BCUT2D eigenvalue weighted by Gasteiger charge is -2.22. The molecule has 3 heterocycles. The van der Waals surface area contributed by atoms with E-state index in [1.54, 1.807) is 12.1 Å². The van der Waals surface area contributed by atoms with Gasteiger partial charge in [0.25, 0.3) is 5.56 Å². The number of alkyl halides is 3. The second-order valence-electron chi connectivity index (χ2n) is 13.7. The van der Waals surface area contributed by atoms with E-state index in [0.29, 0.717) is 42.5 Å². The van der Waals surface area contributed by atoms with Gasteiger partial charge in [-0.2, -0.15) is 18.2 Å². The molecule has 0 unspecified atom stereocenters. The lowest BCUT2D eigenvalue weighted by atomic mass is 10.0. The number of hydrogen-bond donors (Lipinski definition) is 0. The summed E-state index contributed by atoms with van der Waals surface area (Å²) >= 11 is 1.45. The van der Waals surface area contributed by atoms with E-state index in [4.69, 9.17) is 10.2 Å². The minimum atomic E-state index is -4.38. The van der Waals surface area contributed by atoms with E-state index < -0.39 is 11.7 Å². The molecule has 3 aromatic carbocycles.